The van der Waals surface area contributed by atoms with E-state index in [-0.39, 0.29) is 11.7 Å². The lowest BCUT2D eigenvalue weighted by Gasteiger charge is -2.11. The number of likely N-dealkylation sites (N-methyl/N-ethyl adjacent to an activating group) is 1. The average molecular weight is 418 g/mol. The summed E-state index contributed by atoms with van der Waals surface area (Å²) in [5.41, 5.74) is 2.45. The van der Waals surface area contributed by atoms with E-state index in [1.165, 1.54) is 0 Å². The van der Waals surface area contributed by atoms with Crippen LogP contribution in [0.5, 0.6) is 0 Å². The van der Waals surface area contributed by atoms with Gasteiger partial charge >= 0.3 is 0 Å². The van der Waals surface area contributed by atoms with Gasteiger partial charge in [0, 0.05) is 24.3 Å². The van der Waals surface area contributed by atoms with Gasteiger partial charge in [0.2, 0.25) is 5.91 Å². The molecule has 0 aliphatic heterocycles. The van der Waals surface area contributed by atoms with E-state index in [1.807, 2.05) is 38.1 Å². The van der Waals surface area contributed by atoms with Crippen LogP contribution in [-0.2, 0) is 20.4 Å². The molecule has 0 aliphatic carbocycles. The first kappa shape index (κ1) is 22.6. The molecule has 0 fully saturated rings. The Labute approximate surface area is 172 Å². The van der Waals surface area contributed by atoms with Gasteiger partial charge in [0.1, 0.15) is 5.75 Å². The maximum atomic E-state index is 12.4. The number of nitrogens with one attached hydrogen (secondary N) is 2. The van der Waals surface area contributed by atoms with Crippen LogP contribution in [0.2, 0.25) is 0 Å². The molecule has 29 heavy (non-hydrogen) atoms. The zero-order valence-electron chi connectivity index (χ0n) is 16.9. The molecule has 0 unspecified atom stereocenters. The Kier molecular flexibility index (Phi) is 7.92. The van der Waals surface area contributed by atoms with Crippen LogP contribution in [0, 0.1) is 6.92 Å². The number of carbonyl (C=O) groups is 2. The monoisotopic (exact) mass is 417 g/mol. The largest absolute Gasteiger partial charge is 0.351 e. The second-order valence-corrected chi connectivity index (χ2v) is 9.27. The van der Waals surface area contributed by atoms with Crippen LogP contribution >= 0.6 is 0 Å². The molecule has 8 heteroatoms. The molecule has 2 aromatic rings. The number of hydrogen-bond acceptors (Lipinski definition) is 5. The first-order valence-corrected chi connectivity index (χ1v) is 11.1. The Balaban J connectivity index is 1.96. The molecule has 7 nitrogen and oxygen atoms in total. The molecule has 0 saturated carbocycles. The van der Waals surface area contributed by atoms with E-state index >= 15 is 0 Å². The highest BCUT2D eigenvalue weighted by molar-refractivity contribution is 7.91. The van der Waals surface area contributed by atoms with E-state index in [9.17, 15) is 18.0 Å². The number of sulfone groups is 1. The van der Waals surface area contributed by atoms with Gasteiger partial charge in [-0.15, -0.1) is 0 Å². The van der Waals surface area contributed by atoms with Crippen molar-refractivity contribution < 1.29 is 18.0 Å². The molecule has 0 bridgehead atoms. The van der Waals surface area contributed by atoms with Gasteiger partial charge in [-0.3, -0.25) is 9.59 Å². The molecule has 0 atom stereocenters. The van der Waals surface area contributed by atoms with Crippen LogP contribution in [0.15, 0.2) is 48.5 Å². The van der Waals surface area contributed by atoms with E-state index in [2.05, 4.69) is 10.6 Å². The highest BCUT2D eigenvalue weighted by Gasteiger charge is 2.18. The van der Waals surface area contributed by atoms with Gasteiger partial charge in [0.25, 0.3) is 5.91 Å². The number of amides is 2. The summed E-state index contributed by atoms with van der Waals surface area (Å²) in [6.45, 7) is 3.12. The van der Waals surface area contributed by atoms with Crippen molar-refractivity contribution in [1.82, 2.24) is 10.2 Å². The molecule has 0 aromatic heterocycles. The summed E-state index contributed by atoms with van der Waals surface area (Å²) in [6, 6.07) is 13.5. The summed E-state index contributed by atoms with van der Waals surface area (Å²) in [5, 5.41) is 5.38. The van der Waals surface area contributed by atoms with E-state index in [0.717, 1.165) is 5.56 Å². The summed E-state index contributed by atoms with van der Waals surface area (Å²) in [4.78, 5) is 26.2. The van der Waals surface area contributed by atoms with Gasteiger partial charge in [0.05, 0.1) is 5.75 Å². The van der Waals surface area contributed by atoms with Crippen LogP contribution in [0.25, 0.3) is 0 Å². The second kappa shape index (κ2) is 10.2. The Morgan fingerprint density at radius 3 is 2.38 bits per heavy atom. The number of benzene rings is 2. The molecule has 2 rings (SSSR count). The fourth-order valence-corrected chi connectivity index (χ4v) is 3.90. The van der Waals surface area contributed by atoms with Crippen molar-refractivity contribution in [3.05, 3.63) is 65.2 Å². The molecule has 0 spiro atoms. The Morgan fingerprint density at radius 2 is 1.72 bits per heavy atom. The predicted molar refractivity (Wildman–Crippen MR) is 115 cm³/mol. The zero-order chi connectivity index (χ0) is 21.4. The zero-order valence-corrected chi connectivity index (χ0v) is 17.8. The third kappa shape index (κ3) is 8.05. The maximum Gasteiger partial charge on any atom is 0.251 e. The molecule has 2 aromatic carbocycles. The molecular weight excluding hydrogens is 390 g/mol. The summed E-state index contributed by atoms with van der Waals surface area (Å²) in [6.07, 6.45) is 0. The standard InChI is InChI=1S/C21H27N3O4S/c1-16-7-9-19(10-8-16)23-20(25)15-29(27,28)14-17-5-4-6-18(13-17)21(26)22-11-12-24(2)3/h4-10,13H,11-12,14-15H2,1-3H3,(H,22,26)(H,23,25). The van der Waals surface area contributed by atoms with Crippen molar-refractivity contribution in [2.45, 2.75) is 12.7 Å². The van der Waals surface area contributed by atoms with Crippen molar-refractivity contribution in [3.63, 3.8) is 0 Å². The van der Waals surface area contributed by atoms with Crippen LogP contribution in [-0.4, -0.2) is 58.1 Å². The quantitative estimate of drug-likeness (QED) is 0.649. The fourth-order valence-electron chi connectivity index (χ4n) is 2.64. The molecule has 2 N–H and O–H groups in total. The number of carbonyl (C=O) groups excluding carboxylic acids is 2. The molecule has 0 saturated heterocycles. The summed E-state index contributed by atoms with van der Waals surface area (Å²) >= 11 is 0. The minimum absolute atomic E-state index is 0.261. The molecular formula is C21H27N3O4S. The number of nitrogens with zero attached hydrogens (tertiary/aromatic N) is 1. The topological polar surface area (TPSA) is 95.6 Å². The van der Waals surface area contributed by atoms with Crippen molar-refractivity contribution in [2.24, 2.45) is 0 Å². The van der Waals surface area contributed by atoms with E-state index in [4.69, 9.17) is 0 Å². The Bertz CT molecular complexity index is 954. The van der Waals surface area contributed by atoms with E-state index in [0.29, 0.717) is 29.9 Å². The van der Waals surface area contributed by atoms with Gasteiger partial charge in [-0.2, -0.15) is 0 Å². The first-order valence-electron chi connectivity index (χ1n) is 9.23. The second-order valence-electron chi connectivity index (χ2n) is 7.21. The Hall–Kier alpha value is -2.71. The fraction of sp³-hybridized carbons (Fsp3) is 0.333. The van der Waals surface area contributed by atoms with Crippen molar-refractivity contribution in [2.75, 3.05) is 38.3 Å². The normalized spacial score (nSPS) is 11.3. The van der Waals surface area contributed by atoms with Gasteiger partial charge in [-0.25, -0.2) is 8.42 Å². The molecule has 0 heterocycles. The molecule has 156 valence electrons. The lowest BCUT2D eigenvalue weighted by molar-refractivity contribution is -0.113. The summed E-state index contributed by atoms with van der Waals surface area (Å²) in [7, 11) is 0.135. The van der Waals surface area contributed by atoms with Crippen LogP contribution in [0.3, 0.4) is 0 Å². The van der Waals surface area contributed by atoms with Gasteiger partial charge in [-0.1, -0.05) is 29.8 Å². The number of hydrogen-bond donors (Lipinski definition) is 2. The predicted octanol–water partition coefficient (Wildman–Crippen LogP) is 1.84. The van der Waals surface area contributed by atoms with Gasteiger partial charge < -0.3 is 15.5 Å². The van der Waals surface area contributed by atoms with Crippen molar-refractivity contribution >= 4 is 27.3 Å². The van der Waals surface area contributed by atoms with Crippen molar-refractivity contribution in [1.29, 1.82) is 0 Å². The lowest BCUT2D eigenvalue weighted by atomic mass is 10.1. The number of rotatable bonds is 9. The average Bonchev–Trinajstić information content (AvgIpc) is 2.62. The summed E-state index contributed by atoms with van der Waals surface area (Å²) in [5.74, 6) is -1.79. The van der Waals surface area contributed by atoms with Gasteiger partial charge in [-0.05, 0) is 50.8 Å². The minimum atomic E-state index is -3.68. The van der Waals surface area contributed by atoms with Crippen LogP contribution < -0.4 is 10.6 Å². The van der Waals surface area contributed by atoms with Crippen LogP contribution in [0.4, 0.5) is 5.69 Å². The number of aryl methyl sites for hydroxylation is 1. The highest BCUT2D eigenvalue weighted by Crippen LogP contribution is 2.12. The first-order chi connectivity index (χ1) is 13.6. The van der Waals surface area contributed by atoms with E-state index in [1.54, 1.807) is 36.4 Å². The molecule has 2 amide bonds. The third-order valence-electron chi connectivity index (χ3n) is 4.11. The van der Waals surface area contributed by atoms with Crippen molar-refractivity contribution in [3.8, 4) is 0 Å². The summed E-state index contributed by atoms with van der Waals surface area (Å²) < 4.78 is 24.8. The maximum absolute atomic E-state index is 12.4. The molecule has 0 aliphatic rings. The highest BCUT2D eigenvalue weighted by atomic mass is 32.2. The Morgan fingerprint density at radius 1 is 1.03 bits per heavy atom. The SMILES string of the molecule is Cc1ccc(NC(=O)CS(=O)(=O)Cc2cccc(C(=O)NCCN(C)C)c2)cc1. The molecule has 0 radical (unpaired) electrons. The smallest absolute Gasteiger partial charge is 0.251 e. The van der Waals surface area contributed by atoms with Crippen LogP contribution in [0.1, 0.15) is 21.5 Å². The van der Waals surface area contributed by atoms with Gasteiger partial charge in [0.15, 0.2) is 9.84 Å². The number of anilines is 1. The minimum Gasteiger partial charge on any atom is -0.351 e. The van der Waals surface area contributed by atoms with E-state index < -0.39 is 21.5 Å². The lowest BCUT2D eigenvalue weighted by Crippen LogP contribution is -2.31. The third-order valence-corrected chi connectivity index (χ3v) is 5.58.